The summed E-state index contributed by atoms with van der Waals surface area (Å²) in [5, 5.41) is 5.52. The second-order valence-electron chi connectivity index (χ2n) is 4.17. The van der Waals surface area contributed by atoms with Crippen LogP contribution in [0.25, 0.3) is 0 Å². The second-order valence-corrected chi connectivity index (χ2v) is 6.54. The highest BCUT2D eigenvalue weighted by molar-refractivity contribution is 6.68. The molecule has 0 spiro atoms. The van der Waals surface area contributed by atoms with Gasteiger partial charge in [-0.1, -0.05) is 59.1 Å². The number of hydrogen-bond acceptors (Lipinski definition) is 3. The Balaban J connectivity index is 2.12. The summed E-state index contributed by atoms with van der Waals surface area (Å²) in [4.78, 5) is 16.2. The van der Waals surface area contributed by atoms with Crippen molar-refractivity contribution in [1.29, 1.82) is 0 Å². The van der Waals surface area contributed by atoms with Crippen LogP contribution in [-0.2, 0) is 0 Å². The number of pyridine rings is 1. The maximum Gasteiger partial charge on any atom is 0.252 e. The van der Waals surface area contributed by atoms with Crippen LogP contribution in [-0.4, -0.2) is 20.8 Å². The zero-order chi connectivity index (χ0) is 15.3. The summed E-state index contributed by atoms with van der Waals surface area (Å²) in [5.41, 5.74) is 0.472. The molecule has 2 aromatic rings. The van der Waals surface area contributed by atoms with Gasteiger partial charge in [0.2, 0.25) is 3.79 Å². The van der Waals surface area contributed by atoms with E-state index in [0.717, 1.165) is 0 Å². The van der Waals surface area contributed by atoms with E-state index in [4.69, 9.17) is 34.8 Å². The largest absolute Gasteiger partial charge is 0.347 e. The fourth-order valence-corrected chi connectivity index (χ4v) is 1.93. The third kappa shape index (κ3) is 4.77. The van der Waals surface area contributed by atoms with Crippen LogP contribution in [0, 0.1) is 0 Å². The number of hydrogen-bond donors (Lipinski definition) is 2. The lowest BCUT2D eigenvalue weighted by Gasteiger charge is -2.26. The Bertz CT molecular complexity index is 587. The third-order valence-corrected chi connectivity index (χ3v) is 3.25. The smallest absolute Gasteiger partial charge is 0.252 e. The first-order chi connectivity index (χ1) is 9.97. The van der Waals surface area contributed by atoms with Gasteiger partial charge in [0.15, 0.2) is 0 Å². The average molecular weight is 345 g/mol. The lowest BCUT2D eigenvalue weighted by Crippen LogP contribution is -2.49. The van der Waals surface area contributed by atoms with E-state index in [1.165, 1.54) is 0 Å². The van der Waals surface area contributed by atoms with E-state index in [2.05, 4.69) is 15.6 Å². The number of anilines is 1. The predicted octanol–water partition coefficient (Wildman–Crippen LogP) is 3.62. The third-order valence-electron chi connectivity index (χ3n) is 2.60. The van der Waals surface area contributed by atoms with Crippen LogP contribution in [0.15, 0.2) is 54.7 Å². The molecule has 1 atom stereocenters. The highest BCUT2D eigenvalue weighted by Crippen LogP contribution is 2.30. The summed E-state index contributed by atoms with van der Waals surface area (Å²) in [7, 11) is 0. The minimum atomic E-state index is -1.73. The van der Waals surface area contributed by atoms with Crippen molar-refractivity contribution in [3.63, 3.8) is 0 Å². The van der Waals surface area contributed by atoms with Gasteiger partial charge in [0.05, 0.1) is 0 Å². The van der Waals surface area contributed by atoms with E-state index in [0.29, 0.717) is 11.4 Å². The molecule has 7 heteroatoms. The van der Waals surface area contributed by atoms with Crippen molar-refractivity contribution < 1.29 is 4.79 Å². The lowest BCUT2D eigenvalue weighted by molar-refractivity contribution is 0.0942. The summed E-state index contributed by atoms with van der Waals surface area (Å²) < 4.78 is -1.73. The molecule has 0 saturated heterocycles. The van der Waals surface area contributed by atoms with E-state index in [1.54, 1.807) is 48.7 Å². The molecule has 0 aliphatic carbocycles. The minimum Gasteiger partial charge on any atom is -0.347 e. The van der Waals surface area contributed by atoms with Gasteiger partial charge in [-0.2, -0.15) is 0 Å². The summed E-state index contributed by atoms with van der Waals surface area (Å²) >= 11 is 17.7. The van der Waals surface area contributed by atoms with Gasteiger partial charge in [0.25, 0.3) is 5.91 Å². The van der Waals surface area contributed by atoms with Crippen LogP contribution >= 0.6 is 34.8 Å². The molecule has 0 fully saturated rings. The zero-order valence-electron chi connectivity index (χ0n) is 10.8. The standard InChI is InChI=1S/C14H12Cl3N3O/c15-14(16,17)13(19-11-8-4-5-9-18-11)20-12(21)10-6-2-1-3-7-10/h1-9,13H,(H,18,19)(H,20,21)/t13-/m1/s1. The number of nitrogens with one attached hydrogen (secondary N) is 2. The number of amides is 1. The molecule has 0 aliphatic rings. The Morgan fingerprint density at radius 3 is 2.29 bits per heavy atom. The van der Waals surface area contributed by atoms with Gasteiger partial charge in [-0.05, 0) is 24.3 Å². The first-order valence-electron chi connectivity index (χ1n) is 6.07. The molecule has 1 amide bonds. The van der Waals surface area contributed by atoms with Gasteiger partial charge >= 0.3 is 0 Å². The molecule has 0 bridgehead atoms. The Kier molecular flexibility index (Phi) is 5.28. The molecule has 0 aliphatic heterocycles. The van der Waals surface area contributed by atoms with Crippen molar-refractivity contribution in [1.82, 2.24) is 10.3 Å². The number of alkyl halides is 3. The van der Waals surface area contributed by atoms with Crippen LogP contribution in [0.4, 0.5) is 5.82 Å². The SMILES string of the molecule is O=C(N[C@@H](Nc1ccccn1)C(Cl)(Cl)Cl)c1ccccc1. The van der Waals surface area contributed by atoms with E-state index in [1.807, 2.05) is 6.07 Å². The van der Waals surface area contributed by atoms with Crippen molar-refractivity contribution in [3.8, 4) is 0 Å². The van der Waals surface area contributed by atoms with Gasteiger partial charge < -0.3 is 10.6 Å². The molecule has 21 heavy (non-hydrogen) atoms. The Hall–Kier alpha value is -1.49. The van der Waals surface area contributed by atoms with Gasteiger partial charge in [0.1, 0.15) is 12.0 Å². The van der Waals surface area contributed by atoms with Crippen molar-refractivity contribution in [2.45, 2.75) is 9.96 Å². The van der Waals surface area contributed by atoms with E-state index < -0.39 is 9.96 Å². The minimum absolute atomic E-state index is 0.352. The quantitative estimate of drug-likeness (QED) is 0.658. The van der Waals surface area contributed by atoms with Gasteiger partial charge in [-0.3, -0.25) is 4.79 Å². The molecule has 0 unspecified atom stereocenters. The van der Waals surface area contributed by atoms with Crippen molar-refractivity contribution >= 4 is 46.5 Å². The summed E-state index contributed by atoms with van der Waals surface area (Å²) in [6, 6.07) is 13.9. The maximum absolute atomic E-state index is 12.1. The summed E-state index contributed by atoms with van der Waals surface area (Å²) in [6.45, 7) is 0. The van der Waals surface area contributed by atoms with Crippen LogP contribution in [0.2, 0.25) is 0 Å². The number of nitrogens with zero attached hydrogens (tertiary/aromatic N) is 1. The maximum atomic E-state index is 12.1. The number of rotatable bonds is 4. The molecule has 110 valence electrons. The van der Waals surface area contributed by atoms with E-state index >= 15 is 0 Å². The Labute approximate surface area is 137 Å². The topological polar surface area (TPSA) is 54.0 Å². The lowest BCUT2D eigenvalue weighted by atomic mass is 10.2. The molecule has 0 radical (unpaired) electrons. The highest BCUT2D eigenvalue weighted by atomic mass is 35.6. The van der Waals surface area contributed by atoms with Crippen LogP contribution in [0.5, 0.6) is 0 Å². The average Bonchev–Trinajstić information content (AvgIpc) is 2.47. The molecule has 0 saturated carbocycles. The van der Waals surface area contributed by atoms with Crippen molar-refractivity contribution in [3.05, 3.63) is 60.3 Å². The molecule has 1 aromatic carbocycles. The molecular formula is C14H12Cl3N3O. The molecule has 2 rings (SSSR count). The fraction of sp³-hybridized carbons (Fsp3) is 0.143. The van der Waals surface area contributed by atoms with E-state index in [-0.39, 0.29) is 5.91 Å². The Morgan fingerprint density at radius 2 is 1.71 bits per heavy atom. The molecule has 2 N–H and O–H groups in total. The number of aromatic nitrogens is 1. The number of carbonyl (C=O) groups excluding carboxylic acids is 1. The zero-order valence-corrected chi connectivity index (χ0v) is 13.0. The predicted molar refractivity (Wildman–Crippen MR) is 85.8 cm³/mol. The van der Waals surface area contributed by atoms with Gasteiger partial charge in [0, 0.05) is 11.8 Å². The monoisotopic (exact) mass is 343 g/mol. The van der Waals surface area contributed by atoms with Gasteiger partial charge in [-0.25, -0.2) is 4.98 Å². The highest BCUT2D eigenvalue weighted by Gasteiger charge is 2.34. The summed E-state index contributed by atoms with van der Waals surface area (Å²) in [6.07, 6.45) is 0.668. The first kappa shape index (κ1) is 15.9. The van der Waals surface area contributed by atoms with E-state index in [9.17, 15) is 4.79 Å². The van der Waals surface area contributed by atoms with Crippen molar-refractivity contribution in [2.75, 3.05) is 5.32 Å². The Morgan fingerprint density at radius 1 is 1.05 bits per heavy atom. The number of carbonyl (C=O) groups is 1. The molecule has 1 heterocycles. The van der Waals surface area contributed by atoms with Crippen LogP contribution in [0.3, 0.4) is 0 Å². The second kappa shape index (κ2) is 6.98. The number of benzene rings is 1. The first-order valence-corrected chi connectivity index (χ1v) is 7.20. The molecular weight excluding hydrogens is 333 g/mol. The van der Waals surface area contributed by atoms with Crippen LogP contribution < -0.4 is 10.6 Å². The normalized spacial score (nSPS) is 12.5. The van der Waals surface area contributed by atoms with Crippen LogP contribution in [0.1, 0.15) is 10.4 Å². The molecule has 4 nitrogen and oxygen atoms in total. The fourth-order valence-electron chi connectivity index (χ4n) is 1.60. The number of halogens is 3. The molecule has 1 aromatic heterocycles. The van der Waals surface area contributed by atoms with Gasteiger partial charge in [-0.15, -0.1) is 0 Å². The summed E-state index contributed by atoms with van der Waals surface area (Å²) in [5.74, 6) is 0.137. The van der Waals surface area contributed by atoms with Crippen molar-refractivity contribution in [2.24, 2.45) is 0 Å².